The highest BCUT2D eigenvalue weighted by atomic mass is 16.1. The van der Waals surface area contributed by atoms with E-state index in [1.165, 1.54) is 6.21 Å². The highest BCUT2D eigenvalue weighted by molar-refractivity contribution is 6.09. The number of benzene rings is 1. The van der Waals surface area contributed by atoms with Crippen LogP contribution in [0.15, 0.2) is 55.0 Å². The van der Waals surface area contributed by atoms with E-state index in [4.69, 9.17) is 5.41 Å². The first kappa shape index (κ1) is 23.4. The molecule has 0 atom stereocenters. The molecule has 1 aliphatic rings. The van der Waals surface area contributed by atoms with Crippen LogP contribution in [0.3, 0.4) is 0 Å². The fraction of sp³-hybridized carbons (Fsp3) is 0.308. The van der Waals surface area contributed by atoms with Crippen molar-refractivity contribution in [3.05, 3.63) is 66.1 Å². The van der Waals surface area contributed by atoms with Gasteiger partial charge in [-0.05, 0) is 62.2 Å². The summed E-state index contributed by atoms with van der Waals surface area (Å²) in [5.41, 5.74) is 2.24. The second-order valence-corrected chi connectivity index (χ2v) is 8.70. The van der Waals surface area contributed by atoms with E-state index in [2.05, 4.69) is 44.5 Å². The largest absolute Gasteiger partial charge is 0.393 e. The molecule has 3 N–H and O–H groups in total. The number of piperidine rings is 1. The fourth-order valence-electron chi connectivity index (χ4n) is 4.29. The van der Waals surface area contributed by atoms with Crippen LogP contribution in [0.1, 0.15) is 28.8 Å². The maximum absolute atomic E-state index is 13.0. The van der Waals surface area contributed by atoms with Gasteiger partial charge in [-0.1, -0.05) is 12.1 Å². The van der Waals surface area contributed by atoms with Gasteiger partial charge in [0.15, 0.2) is 0 Å². The number of hydrogen-bond donors (Lipinski definition) is 3. The molecule has 1 amide bonds. The first-order valence-electron chi connectivity index (χ1n) is 11.5. The van der Waals surface area contributed by atoms with Crippen LogP contribution >= 0.6 is 0 Å². The summed E-state index contributed by atoms with van der Waals surface area (Å²) in [6.45, 7) is 1.85. The van der Waals surface area contributed by atoms with E-state index in [-0.39, 0.29) is 5.91 Å². The molecule has 0 saturated carbocycles. The number of allylic oxidation sites excluding steroid dienone is 1. The van der Waals surface area contributed by atoms with Crippen LogP contribution in [-0.4, -0.2) is 67.3 Å². The standard InChI is InChI=1S/C26H31N7O/c1-28-16-22(15-27)18-4-5-20-17-30-24(13-21(20)12-18)31-26(34)19-6-9-29-25(14-19)33-10-7-23(8-11-33)32(2)3/h4-6,9,12-17,23,27-28H,7-8,10-11H2,1-3H3,(H,30,31,34)/b22-16+,27-15?. The van der Waals surface area contributed by atoms with E-state index in [0.717, 1.165) is 53.7 Å². The van der Waals surface area contributed by atoms with Crippen molar-refractivity contribution >= 4 is 40.1 Å². The molecule has 0 spiro atoms. The second-order valence-electron chi connectivity index (χ2n) is 8.70. The third kappa shape index (κ3) is 5.23. The molecule has 0 bridgehead atoms. The minimum Gasteiger partial charge on any atom is -0.393 e. The van der Waals surface area contributed by atoms with Crippen LogP contribution in [0, 0.1) is 5.41 Å². The Morgan fingerprint density at radius 2 is 1.88 bits per heavy atom. The third-order valence-corrected chi connectivity index (χ3v) is 6.28. The number of hydrogen-bond acceptors (Lipinski definition) is 7. The number of amides is 1. The van der Waals surface area contributed by atoms with E-state index >= 15 is 0 Å². The molecule has 3 heterocycles. The van der Waals surface area contributed by atoms with Crippen LogP contribution in [-0.2, 0) is 0 Å². The summed E-state index contributed by atoms with van der Waals surface area (Å²) in [7, 11) is 6.05. The van der Waals surface area contributed by atoms with Crippen molar-refractivity contribution in [2.75, 3.05) is 44.4 Å². The molecule has 34 heavy (non-hydrogen) atoms. The quantitative estimate of drug-likeness (QED) is 0.469. The zero-order valence-corrected chi connectivity index (χ0v) is 19.9. The molecule has 8 heteroatoms. The average Bonchev–Trinajstić information content (AvgIpc) is 2.87. The number of nitrogens with one attached hydrogen (secondary N) is 3. The van der Waals surface area contributed by atoms with E-state index < -0.39 is 0 Å². The maximum Gasteiger partial charge on any atom is 0.257 e. The maximum atomic E-state index is 13.0. The molecular weight excluding hydrogens is 426 g/mol. The highest BCUT2D eigenvalue weighted by Gasteiger charge is 2.22. The number of rotatable bonds is 7. The van der Waals surface area contributed by atoms with Gasteiger partial charge < -0.3 is 25.8 Å². The fourth-order valence-corrected chi connectivity index (χ4v) is 4.29. The van der Waals surface area contributed by atoms with Gasteiger partial charge in [0.05, 0.1) is 0 Å². The van der Waals surface area contributed by atoms with Gasteiger partial charge in [0, 0.05) is 67.5 Å². The zero-order valence-electron chi connectivity index (χ0n) is 19.9. The van der Waals surface area contributed by atoms with Crippen LogP contribution in [0.5, 0.6) is 0 Å². The Kier molecular flexibility index (Phi) is 7.18. The van der Waals surface area contributed by atoms with Gasteiger partial charge in [-0.25, -0.2) is 9.97 Å². The lowest BCUT2D eigenvalue weighted by molar-refractivity contribution is 0.102. The number of carbonyl (C=O) groups is 1. The summed E-state index contributed by atoms with van der Waals surface area (Å²) in [6.07, 6.45) is 8.69. The SMILES string of the molecule is CN/C=C(\C=N)c1ccc2cnc(NC(=O)c3ccnc(N4CCC(N(C)C)CC4)c3)cc2c1. The lowest BCUT2D eigenvalue weighted by Crippen LogP contribution is -2.42. The molecule has 0 unspecified atom stereocenters. The summed E-state index contributed by atoms with van der Waals surface area (Å²) < 4.78 is 0. The Labute approximate surface area is 200 Å². The molecular formula is C26H31N7O. The van der Waals surface area contributed by atoms with Crippen LogP contribution in [0.2, 0.25) is 0 Å². The van der Waals surface area contributed by atoms with Gasteiger partial charge in [-0.3, -0.25) is 4.79 Å². The molecule has 1 saturated heterocycles. The number of anilines is 2. The predicted molar refractivity (Wildman–Crippen MR) is 139 cm³/mol. The van der Waals surface area contributed by atoms with Gasteiger partial charge in [0.25, 0.3) is 5.91 Å². The Morgan fingerprint density at radius 3 is 2.59 bits per heavy atom. The monoisotopic (exact) mass is 457 g/mol. The summed E-state index contributed by atoms with van der Waals surface area (Å²) >= 11 is 0. The van der Waals surface area contributed by atoms with Crippen LogP contribution in [0.25, 0.3) is 16.3 Å². The van der Waals surface area contributed by atoms with E-state index in [1.54, 1.807) is 31.7 Å². The molecule has 1 aliphatic heterocycles. The van der Waals surface area contributed by atoms with Crippen molar-refractivity contribution in [3.8, 4) is 0 Å². The average molecular weight is 458 g/mol. The van der Waals surface area contributed by atoms with Crippen molar-refractivity contribution in [3.63, 3.8) is 0 Å². The first-order chi connectivity index (χ1) is 16.5. The normalized spacial score (nSPS) is 14.9. The van der Waals surface area contributed by atoms with Crippen molar-refractivity contribution < 1.29 is 4.79 Å². The van der Waals surface area contributed by atoms with E-state index in [0.29, 0.717) is 17.4 Å². The number of carbonyl (C=O) groups excluding carboxylic acids is 1. The number of pyridine rings is 2. The lowest BCUT2D eigenvalue weighted by atomic mass is 10.0. The number of aromatic nitrogens is 2. The third-order valence-electron chi connectivity index (χ3n) is 6.28. The number of nitrogens with zero attached hydrogens (tertiary/aromatic N) is 4. The molecule has 0 radical (unpaired) electrons. The van der Waals surface area contributed by atoms with Crippen LogP contribution < -0.4 is 15.5 Å². The Bertz CT molecular complexity index is 1210. The summed E-state index contributed by atoms with van der Waals surface area (Å²) in [4.78, 5) is 26.4. The van der Waals surface area contributed by atoms with Crippen molar-refractivity contribution in [2.24, 2.45) is 0 Å². The molecule has 1 aromatic carbocycles. The molecule has 4 rings (SSSR count). The van der Waals surface area contributed by atoms with Crippen molar-refractivity contribution in [1.82, 2.24) is 20.2 Å². The number of fused-ring (bicyclic) bond motifs is 1. The zero-order chi connectivity index (χ0) is 24.1. The molecule has 1 fully saturated rings. The minimum absolute atomic E-state index is 0.218. The van der Waals surface area contributed by atoms with E-state index in [1.807, 2.05) is 30.3 Å². The topological polar surface area (TPSA) is 97.2 Å². The minimum atomic E-state index is -0.218. The Balaban J connectivity index is 1.50. The summed E-state index contributed by atoms with van der Waals surface area (Å²) in [5, 5.41) is 15.4. The molecule has 3 aromatic rings. The van der Waals surface area contributed by atoms with E-state index in [9.17, 15) is 4.79 Å². The lowest BCUT2D eigenvalue weighted by Gasteiger charge is -2.35. The first-order valence-corrected chi connectivity index (χ1v) is 11.5. The molecule has 2 aromatic heterocycles. The van der Waals surface area contributed by atoms with Gasteiger partial charge in [-0.15, -0.1) is 0 Å². The summed E-state index contributed by atoms with van der Waals surface area (Å²) in [5.74, 6) is 1.09. The highest BCUT2D eigenvalue weighted by Crippen LogP contribution is 2.23. The van der Waals surface area contributed by atoms with Gasteiger partial charge in [-0.2, -0.15) is 0 Å². The molecule has 8 nitrogen and oxygen atoms in total. The smallest absolute Gasteiger partial charge is 0.257 e. The van der Waals surface area contributed by atoms with Gasteiger partial charge >= 0.3 is 0 Å². The van der Waals surface area contributed by atoms with Gasteiger partial charge in [0.1, 0.15) is 11.6 Å². The summed E-state index contributed by atoms with van der Waals surface area (Å²) in [6, 6.07) is 11.9. The molecule has 0 aliphatic carbocycles. The Hall–Kier alpha value is -3.78. The van der Waals surface area contributed by atoms with Crippen molar-refractivity contribution in [2.45, 2.75) is 18.9 Å². The second kappa shape index (κ2) is 10.4. The van der Waals surface area contributed by atoms with Gasteiger partial charge in [0.2, 0.25) is 0 Å². The Morgan fingerprint density at radius 1 is 1.09 bits per heavy atom. The van der Waals surface area contributed by atoms with Crippen LogP contribution in [0.4, 0.5) is 11.6 Å². The predicted octanol–water partition coefficient (Wildman–Crippen LogP) is 3.62. The molecule has 176 valence electrons. The van der Waals surface area contributed by atoms with Crippen molar-refractivity contribution in [1.29, 1.82) is 5.41 Å².